The molecule has 0 aromatic heterocycles. The number of nitrogens with zero attached hydrogens (tertiary/aromatic N) is 2. The molecule has 1 N–H and O–H groups in total. The van der Waals surface area contributed by atoms with Gasteiger partial charge in [-0.15, -0.1) is 0 Å². The van der Waals surface area contributed by atoms with Crippen molar-refractivity contribution in [3.05, 3.63) is 23.8 Å². The Kier molecular flexibility index (Phi) is 4.88. The molecule has 0 spiro atoms. The van der Waals surface area contributed by atoms with Crippen molar-refractivity contribution in [2.45, 2.75) is 45.7 Å². The average Bonchev–Trinajstić information content (AvgIpc) is 2.41. The number of rotatable bonds is 4. The van der Waals surface area contributed by atoms with Gasteiger partial charge in [0.2, 0.25) is 5.91 Å². The molecule has 0 saturated carbocycles. The summed E-state index contributed by atoms with van der Waals surface area (Å²) in [5.74, 6) is 0.198. The lowest BCUT2D eigenvalue weighted by Crippen LogP contribution is -2.52. The van der Waals surface area contributed by atoms with Gasteiger partial charge in [-0.05, 0) is 37.5 Å². The van der Waals surface area contributed by atoms with Crippen molar-refractivity contribution >= 4 is 17.3 Å². The lowest BCUT2D eigenvalue weighted by molar-refractivity contribution is -0.121. The first-order valence-electron chi connectivity index (χ1n) is 7.75. The quantitative estimate of drug-likeness (QED) is 0.925. The number of anilines is 2. The number of carbonyl (C=O) groups excluding carboxylic acids is 1. The third-order valence-corrected chi connectivity index (χ3v) is 3.96. The summed E-state index contributed by atoms with van der Waals surface area (Å²) >= 11 is 0. The molecule has 1 fully saturated rings. The maximum absolute atomic E-state index is 12.7. The zero-order chi connectivity index (χ0) is 15.6. The van der Waals surface area contributed by atoms with Crippen molar-refractivity contribution in [1.82, 2.24) is 5.32 Å². The van der Waals surface area contributed by atoms with Crippen LogP contribution in [0.5, 0.6) is 0 Å². The predicted molar refractivity (Wildman–Crippen MR) is 89.2 cm³/mol. The van der Waals surface area contributed by atoms with Gasteiger partial charge in [-0.1, -0.05) is 19.9 Å². The average molecular weight is 289 g/mol. The normalized spacial score (nSPS) is 19.2. The third kappa shape index (κ3) is 3.56. The Morgan fingerprint density at radius 3 is 2.67 bits per heavy atom. The molecule has 1 aromatic carbocycles. The van der Waals surface area contributed by atoms with Crippen LogP contribution in [0.15, 0.2) is 18.2 Å². The van der Waals surface area contributed by atoms with Crippen LogP contribution in [-0.4, -0.2) is 38.6 Å². The Morgan fingerprint density at radius 2 is 2.05 bits per heavy atom. The van der Waals surface area contributed by atoms with Crippen molar-refractivity contribution in [2.75, 3.05) is 30.4 Å². The first kappa shape index (κ1) is 15.8. The molecule has 1 saturated heterocycles. The van der Waals surface area contributed by atoms with Crippen LogP contribution in [0, 0.1) is 6.92 Å². The fraction of sp³-hybridized carbons (Fsp3) is 0.588. The van der Waals surface area contributed by atoms with Gasteiger partial charge in [0.1, 0.15) is 0 Å². The van der Waals surface area contributed by atoms with Gasteiger partial charge in [0.15, 0.2) is 0 Å². The predicted octanol–water partition coefficient (Wildman–Crippen LogP) is 2.55. The van der Waals surface area contributed by atoms with Gasteiger partial charge in [0, 0.05) is 38.1 Å². The highest BCUT2D eigenvalue weighted by Gasteiger charge is 2.30. The summed E-state index contributed by atoms with van der Waals surface area (Å²) in [5, 5.41) is 3.38. The van der Waals surface area contributed by atoms with Gasteiger partial charge in [0.05, 0.1) is 6.04 Å². The number of amides is 1. The molecule has 21 heavy (non-hydrogen) atoms. The minimum Gasteiger partial charge on any atom is -0.377 e. The largest absolute Gasteiger partial charge is 0.377 e. The summed E-state index contributed by atoms with van der Waals surface area (Å²) in [6.45, 7) is 7.08. The summed E-state index contributed by atoms with van der Waals surface area (Å²) in [6.07, 6.45) is 1.97. The van der Waals surface area contributed by atoms with Crippen molar-refractivity contribution in [2.24, 2.45) is 0 Å². The van der Waals surface area contributed by atoms with Gasteiger partial charge in [-0.3, -0.25) is 4.79 Å². The van der Waals surface area contributed by atoms with E-state index in [0.29, 0.717) is 6.04 Å². The van der Waals surface area contributed by atoms with Crippen molar-refractivity contribution in [3.63, 3.8) is 0 Å². The molecule has 4 heteroatoms. The van der Waals surface area contributed by atoms with E-state index in [4.69, 9.17) is 0 Å². The number of hydrogen-bond acceptors (Lipinski definition) is 3. The first-order valence-corrected chi connectivity index (χ1v) is 7.75. The number of carbonyl (C=O) groups is 1. The Labute approximate surface area is 128 Å². The fourth-order valence-corrected chi connectivity index (χ4v) is 2.94. The molecule has 1 unspecified atom stereocenters. The van der Waals surface area contributed by atoms with E-state index >= 15 is 0 Å². The van der Waals surface area contributed by atoms with E-state index in [2.05, 4.69) is 49.2 Å². The lowest BCUT2D eigenvalue weighted by atomic mass is 10.0. The molecule has 1 aliphatic rings. The molecular formula is C17H27N3O. The number of aryl methyl sites for hydroxylation is 1. The molecule has 116 valence electrons. The molecule has 1 atom stereocenters. The molecular weight excluding hydrogens is 262 g/mol. The maximum atomic E-state index is 12.7. The Morgan fingerprint density at radius 1 is 1.33 bits per heavy atom. The van der Waals surface area contributed by atoms with E-state index in [9.17, 15) is 4.79 Å². The second-order valence-electron chi connectivity index (χ2n) is 6.37. The maximum Gasteiger partial charge on any atom is 0.244 e. The van der Waals surface area contributed by atoms with E-state index in [0.717, 1.165) is 25.1 Å². The molecule has 0 aliphatic carbocycles. The monoisotopic (exact) mass is 289 g/mol. The molecule has 2 rings (SSSR count). The van der Waals surface area contributed by atoms with E-state index in [1.807, 2.05) is 19.0 Å². The number of benzene rings is 1. The van der Waals surface area contributed by atoms with Crippen LogP contribution in [0.1, 0.15) is 32.3 Å². The summed E-state index contributed by atoms with van der Waals surface area (Å²) in [5.41, 5.74) is 3.40. The van der Waals surface area contributed by atoms with Gasteiger partial charge < -0.3 is 15.1 Å². The smallest absolute Gasteiger partial charge is 0.244 e. The second-order valence-corrected chi connectivity index (χ2v) is 6.37. The molecule has 1 aromatic rings. The minimum atomic E-state index is -0.0529. The van der Waals surface area contributed by atoms with Gasteiger partial charge in [-0.25, -0.2) is 0 Å². The summed E-state index contributed by atoms with van der Waals surface area (Å²) in [4.78, 5) is 16.7. The Hall–Kier alpha value is -1.55. The van der Waals surface area contributed by atoms with Gasteiger partial charge in [0.25, 0.3) is 0 Å². The molecule has 1 amide bonds. The van der Waals surface area contributed by atoms with Crippen molar-refractivity contribution in [1.29, 1.82) is 0 Å². The summed E-state index contributed by atoms with van der Waals surface area (Å²) in [7, 11) is 4.07. The number of nitrogens with one attached hydrogen (secondary N) is 1. The Bertz CT molecular complexity index is 511. The van der Waals surface area contributed by atoms with Crippen LogP contribution in [0.3, 0.4) is 0 Å². The van der Waals surface area contributed by atoms with E-state index in [1.54, 1.807) is 0 Å². The molecule has 0 radical (unpaired) electrons. The van der Waals surface area contributed by atoms with E-state index < -0.39 is 0 Å². The van der Waals surface area contributed by atoms with Crippen molar-refractivity contribution < 1.29 is 4.79 Å². The molecule has 1 heterocycles. The molecule has 0 bridgehead atoms. The zero-order valence-corrected chi connectivity index (χ0v) is 13.8. The highest BCUT2D eigenvalue weighted by molar-refractivity contribution is 5.98. The third-order valence-electron chi connectivity index (χ3n) is 3.96. The van der Waals surface area contributed by atoms with Crippen LogP contribution >= 0.6 is 0 Å². The molecule has 4 nitrogen and oxygen atoms in total. The van der Waals surface area contributed by atoms with E-state index in [1.165, 1.54) is 11.3 Å². The SMILES string of the molecule is Cc1ccc(N2CCCC(NC(C)C)C2=O)cc1N(C)C. The van der Waals surface area contributed by atoms with Gasteiger partial charge in [-0.2, -0.15) is 0 Å². The first-order chi connectivity index (χ1) is 9.90. The van der Waals surface area contributed by atoms with Crippen LogP contribution < -0.4 is 15.1 Å². The Balaban J connectivity index is 2.24. The summed E-state index contributed by atoms with van der Waals surface area (Å²) in [6, 6.07) is 6.54. The van der Waals surface area contributed by atoms with E-state index in [-0.39, 0.29) is 11.9 Å². The molecule has 1 aliphatic heterocycles. The van der Waals surface area contributed by atoms with Crippen LogP contribution in [0.4, 0.5) is 11.4 Å². The van der Waals surface area contributed by atoms with Crippen LogP contribution in [-0.2, 0) is 4.79 Å². The minimum absolute atomic E-state index is 0.0529. The number of piperidine rings is 1. The highest BCUT2D eigenvalue weighted by Crippen LogP contribution is 2.28. The van der Waals surface area contributed by atoms with Crippen LogP contribution in [0.2, 0.25) is 0 Å². The fourth-order valence-electron chi connectivity index (χ4n) is 2.94. The lowest BCUT2D eigenvalue weighted by Gasteiger charge is -2.34. The van der Waals surface area contributed by atoms with Crippen LogP contribution in [0.25, 0.3) is 0 Å². The van der Waals surface area contributed by atoms with Gasteiger partial charge >= 0.3 is 0 Å². The topological polar surface area (TPSA) is 35.6 Å². The zero-order valence-electron chi connectivity index (χ0n) is 13.8. The number of hydrogen-bond donors (Lipinski definition) is 1. The van der Waals surface area contributed by atoms with Crippen molar-refractivity contribution in [3.8, 4) is 0 Å². The second kappa shape index (κ2) is 6.48. The highest BCUT2D eigenvalue weighted by atomic mass is 16.2. The summed E-state index contributed by atoms with van der Waals surface area (Å²) < 4.78 is 0. The standard InChI is InChI=1S/C17H27N3O/c1-12(2)18-15-7-6-10-20(17(15)21)14-9-8-13(3)16(11-14)19(4)5/h8-9,11-12,15,18H,6-7,10H2,1-5H3.